The average Bonchev–Trinajstić information content (AvgIpc) is 3.04. The Morgan fingerprint density at radius 3 is 2.14 bits per heavy atom. The predicted octanol–water partition coefficient (Wildman–Crippen LogP) is 0.321. The fraction of sp³-hybridized carbons (Fsp3) is 0.938. The lowest BCUT2D eigenvalue weighted by atomic mass is 10.2. The van der Waals surface area contributed by atoms with E-state index >= 15 is 0 Å². The quantitative estimate of drug-likeness (QED) is 0.750. The Hall–Kier alpha value is -0.650. The molecule has 5 heteroatoms. The van der Waals surface area contributed by atoms with Gasteiger partial charge in [-0.1, -0.05) is 12.8 Å². The van der Waals surface area contributed by atoms with E-state index < -0.39 is 0 Å². The van der Waals surface area contributed by atoms with Crippen molar-refractivity contribution in [2.24, 2.45) is 0 Å². The molecule has 0 spiro atoms. The highest BCUT2D eigenvalue weighted by molar-refractivity contribution is 5.78. The summed E-state index contributed by atoms with van der Waals surface area (Å²) in [6.07, 6.45) is 5.53. The molecule has 2 saturated heterocycles. The number of amides is 1. The number of carbonyl (C=O) groups excluding carboxylic acids is 1. The zero-order chi connectivity index (χ0) is 14.7. The lowest BCUT2D eigenvalue weighted by Gasteiger charge is -2.39. The van der Waals surface area contributed by atoms with Crippen LogP contribution in [-0.4, -0.2) is 97.5 Å². The molecule has 120 valence electrons. The molecule has 3 aliphatic rings. The second-order valence-electron chi connectivity index (χ2n) is 6.93. The molecule has 0 aromatic rings. The van der Waals surface area contributed by atoms with Gasteiger partial charge in [0, 0.05) is 58.4 Å². The second-order valence-corrected chi connectivity index (χ2v) is 6.93. The molecular formula is C16H30N4O. The van der Waals surface area contributed by atoms with Crippen molar-refractivity contribution in [1.29, 1.82) is 0 Å². The summed E-state index contributed by atoms with van der Waals surface area (Å²) in [6.45, 7) is 8.89. The van der Waals surface area contributed by atoms with Gasteiger partial charge in [-0.05, 0) is 19.9 Å². The van der Waals surface area contributed by atoms with Crippen molar-refractivity contribution in [3.05, 3.63) is 0 Å². The minimum Gasteiger partial charge on any atom is -0.339 e. The van der Waals surface area contributed by atoms with Crippen molar-refractivity contribution in [3.63, 3.8) is 0 Å². The summed E-state index contributed by atoms with van der Waals surface area (Å²) in [4.78, 5) is 21.8. The van der Waals surface area contributed by atoms with Crippen molar-refractivity contribution in [3.8, 4) is 0 Å². The molecule has 2 heterocycles. The van der Waals surface area contributed by atoms with Gasteiger partial charge < -0.3 is 9.80 Å². The number of carbonyl (C=O) groups is 1. The molecule has 1 aliphatic carbocycles. The number of hydrogen-bond acceptors (Lipinski definition) is 4. The van der Waals surface area contributed by atoms with Gasteiger partial charge in [0.15, 0.2) is 0 Å². The molecule has 1 saturated carbocycles. The summed E-state index contributed by atoms with van der Waals surface area (Å²) < 4.78 is 0. The fourth-order valence-electron chi connectivity index (χ4n) is 3.90. The van der Waals surface area contributed by atoms with E-state index in [1.165, 1.54) is 25.7 Å². The lowest BCUT2D eigenvalue weighted by Crippen LogP contribution is -2.54. The van der Waals surface area contributed by atoms with E-state index in [1.807, 2.05) is 0 Å². The largest absolute Gasteiger partial charge is 0.339 e. The van der Waals surface area contributed by atoms with Gasteiger partial charge in [-0.3, -0.25) is 14.6 Å². The second kappa shape index (κ2) is 7.07. The fourth-order valence-corrected chi connectivity index (χ4v) is 3.90. The van der Waals surface area contributed by atoms with Crippen molar-refractivity contribution in [2.45, 2.75) is 31.7 Å². The number of hydrogen-bond donors (Lipinski definition) is 0. The first-order chi connectivity index (χ1) is 10.2. The number of piperazine rings is 2. The van der Waals surface area contributed by atoms with Gasteiger partial charge in [-0.2, -0.15) is 0 Å². The van der Waals surface area contributed by atoms with Gasteiger partial charge in [0.1, 0.15) is 0 Å². The topological polar surface area (TPSA) is 30.0 Å². The van der Waals surface area contributed by atoms with E-state index in [2.05, 4.69) is 26.6 Å². The molecule has 3 rings (SSSR count). The Labute approximate surface area is 128 Å². The summed E-state index contributed by atoms with van der Waals surface area (Å²) in [5.74, 6) is 0.339. The molecule has 2 aliphatic heterocycles. The van der Waals surface area contributed by atoms with Crippen LogP contribution in [0.3, 0.4) is 0 Å². The van der Waals surface area contributed by atoms with Crippen LogP contribution in [0.15, 0.2) is 0 Å². The average molecular weight is 294 g/mol. The maximum Gasteiger partial charge on any atom is 0.236 e. The van der Waals surface area contributed by atoms with Crippen LogP contribution in [0.25, 0.3) is 0 Å². The molecule has 0 aromatic heterocycles. The van der Waals surface area contributed by atoms with Gasteiger partial charge in [0.25, 0.3) is 0 Å². The first-order valence-corrected chi connectivity index (χ1v) is 8.65. The van der Waals surface area contributed by atoms with Crippen LogP contribution in [0.4, 0.5) is 0 Å². The van der Waals surface area contributed by atoms with Crippen LogP contribution in [0, 0.1) is 0 Å². The minimum absolute atomic E-state index is 0.339. The summed E-state index contributed by atoms with van der Waals surface area (Å²) in [7, 11) is 2.15. The SMILES string of the molecule is CN1CCN(CC(=O)N2CCN(C3CCCC3)CC2)CC1. The maximum atomic E-state index is 12.4. The summed E-state index contributed by atoms with van der Waals surface area (Å²) in [5, 5.41) is 0. The summed E-state index contributed by atoms with van der Waals surface area (Å²) >= 11 is 0. The van der Waals surface area contributed by atoms with Crippen molar-refractivity contribution < 1.29 is 4.79 Å². The lowest BCUT2D eigenvalue weighted by molar-refractivity contribution is -0.134. The highest BCUT2D eigenvalue weighted by Crippen LogP contribution is 2.24. The standard InChI is InChI=1S/C16H30N4O/c1-17-6-8-18(9-7-17)14-16(21)20-12-10-19(11-13-20)15-4-2-3-5-15/h15H,2-14H2,1H3. The zero-order valence-corrected chi connectivity index (χ0v) is 13.5. The molecular weight excluding hydrogens is 264 g/mol. The van der Waals surface area contributed by atoms with Crippen molar-refractivity contribution in [1.82, 2.24) is 19.6 Å². The summed E-state index contributed by atoms with van der Waals surface area (Å²) in [6, 6.07) is 0.805. The minimum atomic E-state index is 0.339. The molecule has 21 heavy (non-hydrogen) atoms. The molecule has 5 nitrogen and oxygen atoms in total. The van der Waals surface area contributed by atoms with Gasteiger partial charge >= 0.3 is 0 Å². The van der Waals surface area contributed by atoms with Crippen molar-refractivity contribution >= 4 is 5.91 Å². The third kappa shape index (κ3) is 3.96. The number of nitrogens with zero attached hydrogens (tertiary/aromatic N) is 4. The first-order valence-electron chi connectivity index (χ1n) is 8.65. The monoisotopic (exact) mass is 294 g/mol. The van der Waals surface area contributed by atoms with E-state index in [4.69, 9.17) is 0 Å². The zero-order valence-electron chi connectivity index (χ0n) is 13.5. The van der Waals surface area contributed by atoms with Gasteiger partial charge in [0.05, 0.1) is 6.54 Å². The molecule has 0 radical (unpaired) electrons. The Balaban J connectivity index is 1.40. The van der Waals surface area contributed by atoms with Crippen LogP contribution >= 0.6 is 0 Å². The normalized spacial score (nSPS) is 27.4. The number of likely N-dealkylation sites (N-methyl/N-ethyl adjacent to an activating group) is 1. The van der Waals surface area contributed by atoms with E-state index in [9.17, 15) is 4.79 Å². The predicted molar refractivity (Wildman–Crippen MR) is 84.3 cm³/mol. The Bertz CT molecular complexity index is 340. The Morgan fingerprint density at radius 1 is 0.905 bits per heavy atom. The van der Waals surface area contributed by atoms with Crippen LogP contribution < -0.4 is 0 Å². The molecule has 1 amide bonds. The van der Waals surface area contributed by atoms with Crippen LogP contribution in [-0.2, 0) is 4.79 Å². The van der Waals surface area contributed by atoms with E-state index in [-0.39, 0.29) is 0 Å². The molecule has 0 aromatic carbocycles. The third-order valence-corrected chi connectivity index (χ3v) is 5.46. The van der Waals surface area contributed by atoms with E-state index in [0.717, 1.165) is 58.4 Å². The summed E-state index contributed by atoms with van der Waals surface area (Å²) in [5.41, 5.74) is 0. The highest BCUT2D eigenvalue weighted by atomic mass is 16.2. The van der Waals surface area contributed by atoms with E-state index in [0.29, 0.717) is 12.5 Å². The van der Waals surface area contributed by atoms with Crippen LogP contribution in [0.5, 0.6) is 0 Å². The van der Waals surface area contributed by atoms with Gasteiger partial charge in [0.2, 0.25) is 5.91 Å². The molecule has 3 fully saturated rings. The van der Waals surface area contributed by atoms with Gasteiger partial charge in [-0.15, -0.1) is 0 Å². The smallest absolute Gasteiger partial charge is 0.236 e. The van der Waals surface area contributed by atoms with E-state index in [1.54, 1.807) is 0 Å². The van der Waals surface area contributed by atoms with Gasteiger partial charge in [-0.25, -0.2) is 0 Å². The Kier molecular flexibility index (Phi) is 5.14. The number of rotatable bonds is 3. The Morgan fingerprint density at radius 2 is 1.52 bits per heavy atom. The molecule has 0 atom stereocenters. The molecule has 0 bridgehead atoms. The molecule has 0 N–H and O–H groups in total. The maximum absolute atomic E-state index is 12.4. The highest BCUT2D eigenvalue weighted by Gasteiger charge is 2.28. The van der Waals surface area contributed by atoms with Crippen LogP contribution in [0.1, 0.15) is 25.7 Å². The first kappa shape index (κ1) is 15.3. The third-order valence-electron chi connectivity index (χ3n) is 5.46. The van der Waals surface area contributed by atoms with Crippen molar-refractivity contribution in [2.75, 3.05) is 66.0 Å². The van der Waals surface area contributed by atoms with Crippen LogP contribution in [0.2, 0.25) is 0 Å². The molecule has 0 unspecified atom stereocenters.